The molecular weight excluding hydrogens is 330 g/mol. The molecule has 1 aromatic heterocycles. The van der Waals surface area contributed by atoms with Crippen molar-refractivity contribution in [3.8, 4) is 0 Å². The first-order chi connectivity index (χ1) is 9.55. The van der Waals surface area contributed by atoms with Crippen LogP contribution in [-0.4, -0.2) is 7.05 Å². The fourth-order valence-corrected chi connectivity index (χ4v) is 3.72. The number of nitrogens with one attached hydrogen (secondary N) is 1. The molecule has 1 N–H and O–H groups in total. The average molecular weight is 352 g/mol. The molecule has 1 aromatic carbocycles. The largest absolute Gasteiger partial charge is 0.313 e. The monoisotopic (exact) mass is 351 g/mol. The average Bonchev–Trinajstić information content (AvgIpc) is 2.89. The molecule has 0 spiro atoms. The van der Waals surface area contributed by atoms with Crippen molar-refractivity contribution in [2.75, 3.05) is 7.05 Å². The molecule has 1 atom stereocenters. The smallest absolute Gasteiger partial charge is 0.0366 e. The van der Waals surface area contributed by atoms with E-state index in [2.05, 4.69) is 66.3 Å². The summed E-state index contributed by atoms with van der Waals surface area (Å²) in [6, 6.07) is 9.47. The molecule has 0 aliphatic heterocycles. The maximum atomic E-state index is 3.65. The quantitative estimate of drug-likeness (QED) is 0.781. The summed E-state index contributed by atoms with van der Waals surface area (Å²) in [7, 11) is 2.05. The van der Waals surface area contributed by atoms with Crippen LogP contribution in [0.15, 0.2) is 28.7 Å². The van der Waals surface area contributed by atoms with Gasteiger partial charge in [0.1, 0.15) is 0 Å². The maximum absolute atomic E-state index is 3.65. The lowest BCUT2D eigenvalue weighted by Crippen LogP contribution is -2.18. The van der Waals surface area contributed by atoms with E-state index >= 15 is 0 Å². The molecule has 0 radical (unpaired) electrons. The van der Waals surface area contributed by atoms with Crippen molar-refractivity contribution in [3.05, 3.63) is 55.2 Å². The number of halogens is 1. The van der Waals surface area contributed by atoms with Gasteiger partial charge in [-0.1, -0.05) is 35.0 Å². The summed E-state index contributed by atoms with van der Waals surface area (Å²) in [5.41, 5.74) is 3.98. The van der Waals surface area contributed by atoms with E-state index in [4.69, 9.17) is 0 Å². The maximum Gasteiger partial charge on any atom is 0.0366 e. The van der Waals surface area contributed by atoms with E-state index < -0.39 is 0 Å². The van der Waals surface area contributed by atoms with Gasteiger partial charge in [-0.25, -0.2) is 0 Å². The van der Waals surface area contributed by atoms with E-state index in [0.29, 0.717) is 6.04 Å². The number of hydrogen-bond acceptors (Lipinski definition) is 2. The number of aryl methyl sites for hydroxylation is 3. The van der Waals surface area contributed by atoms with Gasteiger partial charge in [0.25, 0.3) is 0 Å². The van der Waals surface area contributed by atoms with Crippen molar-refractivity contribution in [1.82, 2.24) is 5.32 Å². The predicted molar refractivity (Wildman–Crippen MR) is 92.8 cm³/mol. The Bertz CT molecular complexity index is 565. The first-order valence-electron chi connectivity index (χ1n) is 7.06. The van der Waals surface area contributed by atoms with Gasteiger partial charge >= 0.3 is 0 Å². The lowest BCUT2D eigenvalue weighted by atomic mass is 9.98. The Balaban J connectivity index is 2.23. The second-order valence-electron chi connectivity index (χ2n) is 5.24. The first-order valence-corrected chi connectivity index (χ1v) is 8.67. The fourth-order valence-electron chi connectivity index (χ4n) is 2.49. The van der Waals surface area contributed by atoms with Crippen LogP contribution in [0.4, 0.5) is 0 Å². The van der Waals surface area contributed by atoms with E-state index in [9.17, 15) is 0 Å². The van der Waals surface area contributed by atoms with Crippen LogP contribution in [0, 0.1) is 13.8 Å². The number of likely N-dealkylation sites (N-methyl/N-ethyl adjacent to an activating group) is 1. The first kappa shape index (κ1) is 15.7. The molecule has 0 saturated carbocycles. The van der Waals surface area contributed by atoms with Crippen LogP contribution in [0.3, 0.4) is 0 Å². The van der Waals surface area contributed by atoms with Gasteiger partial charge in [0.15, 0.2) is 0 Å². The van der Waals surface area contributed by atoms with Crippen LogP contribution < -0.4 is 5.32 Å². The molecule has 0 aliphatic rings. The van der Waals surface area contributed by atoms with E-state index in [1.165, 1.54) is 30.9 Å². The molecule has 1 nitrogen and oxygen atoms in total. The lowest BCUT2D eigenvalue weighted by molar-refractivity contribution is 0.595. The molecule has 0 aliphatic carbocycles. The number of hydrogen-bond donors (Lipinski definition) is 1. The van der Waals surface area contributed by atoms with Gasteiger partial charge in [-0.3, -0.25) is 0 Å². The van der Waals surface area contributed by atoms with E-state index in [1.54, 1.807) is 0 Å². The van der Waals surface area contributed by atoms with Gasteiger partial charge < -0.3 is 5.32 Å². The summed E-state index contributed by atoms with van der Waals surface area (Å²) in [5, 5.41) is 3.46. The summed E-state index contributed by atoms with van der Waals surface area (Å²) >= 11 is 5.58. The van der Waals surface area contributed by atoms with E-state index in [-0.39, 0.29) is 0 Å². The van der Waals surface area contributed by atoms with Crippen molar-refractivity contribution in [1.29, 1.82) is 0 Å². The van der Waals surface area contributed by atoms with Gasteiger partial charge in [-0.2, -0.15) is 0 Å². The summed E-state index contributed by atoms with van der Waals surface area (Å²) in [6.07, 6.45) is 2.19. The molecule has 2 rings (SSSR count). The third kappa shape index (κ3) is 3.51. The molecule has 3 heteroatoms. The third-order valence-corrected chi connectivity index (χ3v) is 6.18. The molecule has 2 aromatic rings. The predicted octanol–water partition coefficient (Wildman–Crippen LogP) is 5.19. The highest BCUT2D eigenvalue weighted by Gasteiger charge is 2.13. The highest BCUT2D eigenvalue weighted by atomic mass is 79.9. The highest BCUT2D eigenvalue weighted by molar-refractivity contribution is 9.10. The minimum atomic E-state index is 0.379. The zero-order chi connectivity index (χ0) is 14.7. The number of thiophene rings is 1. The van der Waals surface area contributed by atoms with E-state index in [0.717, 1.165) is 12.8 Å². The third-order valence-electron chi connectivity index (χ3n) is 3.68. The Hall–Kier alpha value is -0.640. The van der Waals surface area contributed by atoms with E-state index in [1.807, 2.05) is 18.4 Å². The standard InChI is InChI=1S/C17H22BrNS/c1-5-14-6-7-15(20-14)10-16(19-4)13-8-11(2)17(18)12(3)9-13/h6-9,16,19H,5,10H2,1-4H3. The Labute approximate surface area is 134 Å². The second-order valence-corrected chi connectivity index (χ2v) is 7.28. The second kappa shape index (κ2) is 6.88. The normalized spacial score (nSPS) is 12.7. The Kier molecular flexibility index (Phi) is 5.42. The molecule has 0 saturated heterocycles. The van der Waals surface area contributed by atoms with Crippen LogP contribution in [0.5, 0.6) is 0 Å². The van der Waals surface area contributed by atoms with Gasteiger partial charge in [0.2, 0.25) is 0 Å². The molecule has 108 valence electrons. The van der Waals surface area contributed by atoms with Gasteiger partial charge in [-0.15, -0.1) is 11.3 Å². The molecular formula is C17H22BrNS. The van der Waals surface area contributed by atoms with Crippen LogP contribution in [0.2, 0.25) is 0 Å². The van der Waals surface area contributed by atoms with Crippen molar-refractivity contribution in [2.24, 2.45) is 0 Å². The SMILES string of the molecule is CCc1ccc(CC(NC)c2cc(C)c(Br)c(C)c2)s1. The van der Waals surface area contributed by atoms with Gasteiger partial charge in [0.05, 0.1) is 0 Å². The summed E-state index contributed by atoms with van der Waals surface area (Å²) in [6.45, 7) is 6.54. The Morgan fingerprint density at radius 3 is 2.25 bits per heavy atom. The van der Waals surface area contributed by atoms with Gasteiger partial charge in [-0.05, 0) is 56.1 Å². The molecule has 0 fully saturated rings. The van der Waals surface area contributed by atoms with Gasteiger partial charge in [0, 0.05) is 26.7 Å². The molecule has 20 heavy (non-hydrogen) atoms. The van der Waals surface area contributed by atoms with Crippen molar-refractivity contribution >= 4 is 27.3 Å². The molecule has 1 unspecified atom stereocenters. The minimum absolute atomic E-state index is 0.379. The lowest BCUT2D eigenvalue weighted by Gasteiger charge is -2.18. The Morgan fingerprint density at radius 1 is 1.15 bits per heavy atom. The number of benzene rings is 1. The highest BCUT2D eigenvalue weighted by Crippen LogP contribution is 2.28. The Morgan fingerprint density at radius 2 is 1.75 bits per heavy atom. The summed E-state index contributed by atoms with van der Waals surface area (Å²) in [4.78, 5) is 2.93. The number of rotatable bonds is 5. The minimum Gasteiger partial charge on any atom is -0.313 e. The summed E-state index contributed by atoms with van der Waals surface area (Å²) in [5.74, 6) is 0. The van der Waals surface area contributed by atoms with Crippen molar-refractivity contribution in [2.45, 2.75) is 39.7 Å². The molecule has 1 heterocycles. The van der Waals surface area contributed by atoms with Crippen LogP contribution in [0.25, 0.3) is 0 Å². The van der Waals surface area contributed by atoms with Crippen LogP contribution in [-0.2, 0) is 12.8 Å². The molecule has 0 amide bonds. The van der Waals surface area contributed by atoms with Crippen molar-refractivity contribution in [3.63, 3.8) is 0 Å². The zero-order valence-electron chi connectivity index (χ0n) is 12.6. The topological polar surface area (TPSA) is 12.0 Å². The fraction of sp³-hybridized carbons (Fsp3) is 0.412. The summed E-state index contributed by atoms with van der Waals surface area (Å²) < 4.78 is 1.22. The van der Waals surface area contributed by atoms with Crippen molar-refractivity contribution < 1.29 is 0 Å². The van der Waals surface area contributed by atoms with Crippen LogP contribution in [0.1, 0.15) is 39.4 Å². The zero-order valence-corrected chi connectivity index (χ0v) is 15.0. The molecule has 0 bridgehead atoms. The van der Waals surface area contributed by atoms with Crippen LogP contribution >= 0.6 is 27.3 Å².